The van der Waals surface area contributed by atoms with Crippen LogP contribution in [0.1, 0.15) is 18.7 Å². The highest BCUT2D eigenvalue weighted by molar-refractivity contribution is 9.10. The molecule has 4 nitrogen and oxygen atoms in total. The fourth-order valence-corrected chi connectivity index (χ4v) is 2.24. The van der Waals surface area contributed by atoms with Crippen LogP contribution < -0.4 is 10.1 Å². The molecule has 1 heterocycles. The third-order valence-electron chi connectivity index (χ3n) is 3.03. The van der Waals surface area contributed by atoms with E-state index in [0.717, 1.165) is 15.9 Å². The molecule has 2 aromatic rings. The van der Waals surface area contributed by atoms with Gasteiger partial charge in [0.1, 0.15) is 18.5 Å². The quantitative estimate of drug-likeness (QED) is 0.805. The van der Waals surface area contributed by atoms with Crippen LogP contribution in [0.15, 0.2) is 53.1 Å². The normalized spacial score (nSPS) is 13.7. The lowest BCUT2D eigenvalue weighted by Crippen LogP contribution is -2.33. The Hall–Kier alpha value is -1.43. The third kappa shape index (κ3) is 5.46. The lowest BCUT2D eigenvalue weighted by molar-refractivity contribution is 0.104. The Morgan fingerprint density at radius 3 is 2.86 bits per heavy atom. The van der Waals surface area contributed by atoms with Gasteiger partial charge in [-0.3, -0.25) is 4.98 Å². The molecule has 0 spiro atoms. The zero-order valence-corrected chi connectivity index (χ0v) is 13.5. The molecule has 112 valence electrons. The predicted molar refractivity (Wildman–Crippen MR) is 86.3 cm³/mol. The predicted octanol–water partition coefficient (Wildman–Crippen LogP) is 2.93. The summed E-state index contributed by atoms with van der Waals surface area (Å²) in [5.74, 6) is 0.737. The van der Waals surface area contributed by atoms with E-state index < -0.39 is 6.10 Å². The summed E-state index contributed by atoms with van der Waals surface area (Å²) >= 11 is 3.38. The molecule has 0 bridgehead atoms. The van der Waals surface area contributed by atoms with Crippen LogP contribution in [0.5, 0.6) is 5.75 Å². The largest absolute Gasteiger partial charge is 0.491 e. The maximum atomic E-state index is 9.96. The van der Waals surface area contributed by atoms with Gasteiger partial charge < -0.3 is 15.2 Å². The zero-order valence-electron chi connectivity index (χ0n) is 11.9. The molecular formula is C16H19BrN2O2. The van der Waals surface area contributed by atoms with E-state index in [9.17, 15) is 5.11 Å². The maximum Gasteiger partial charge on any atom is 0.120 e. The molecular weight excluding hydrogens is 332 g/mol. The molecule has 2 unspecified atom stereocenters. The Morgan fingerprint density at radius 2 is 2.14 bits per heavy atom. The Morgan fingerprint density at radius 1 is 1.29 bits per heavy atom. The average molecular weight is 351 g/mol. The number of aromatic nitrogens is 1. The summed E-state index contributed by atoms with van der Waals surface area (Å²) in [6, 6.07) is 13.4. The second-order valence-electron chi connectivity index (χ2n) is 4.81. The molecule has 2 rings (SSSR count). The fourth-order valence-electron chi connectivity index (χ4n) is 1.86. The van der Waals surface area contributed by atoms with E-state index in [2.05, 4.69) is 26.2 Å². The van der Waals surface area contributed by atoms with E-state index in [1.54, 1.807) is 6.20 Å². The minimum absolute atomic E-state index is 0.0896. The van der Waals surface area contributed by atoms with Gasteiger partial charge in [-0.1, -0.05) is 28.1 Å². The molecule has 2 N–H and O–H groups in total. The Balaban J connectivity index is 1.73. The van der Waals surface area contributed by atoms with E-state index in [1.807, 2.05) is 49.4 Å². The summed E-state index contributed by atoms with van der Waals surface area (Å²) in [6.07, 6.45) is 1.19. The number of benzene rings is 1. The zero-order chi connectivity index (χ0) is 15.1. The van der Waals surface area contributed by atoms with E-state index in [0.29, 0.717) is 6.54 Å². The fraction of sp³-hybridized carbons (Fsp3) is 0.312. The van der Waals surface area contributed by atoms with Crippen molar-refractivity contribution in [2.24, 2.45) is 0 Å². The molecule has 0 fully saturated rings. The van der Waals surface area contributed by atoms with Gasteiger partial charge in [0.05, 0.1) is 5.69 Å². The number of nitrogens with zero attached hydrogens (tertiary/aromatic N) is 1. The first-order valence-electron chi connectivity index (χ1n) is 6.86. The highest BCUT2D eigenvalue weighted by Gasteiger charge is 2.10. The summed E-state index contributed by atoms with van der Waals surface area (Å²) < 4.78 is 6.51. The van der Waals surface area contributed by atoms with Gasteiger partial charge in [-0.2, -0.15) is 0 Å². The van der Waals surface area contributed by atoms with Crippen LogP contribution in [0, 0.1) is 0 Å². The molecule has 0 radical (unpaired) electrons. The lowest BCUT2D eigenvalue weighted by atomic mass is 10.2. The van der Waals surface area contributed by atoms with Crippen LogP contribution in [-0.4, -0.2) is 29.3 Å². The molecule has 1 aromatic carbocycles. The summed E-state index contributed by atoms with van der Waals surface area (Å²) in [5, 5.41) is 13.2. The van der Waals surface area contributed by atoms with Gasteiger partial charge in [-0.25, -0.2) is 0 Å². The van der Waals surface area contributed by atoms with Crippen molar-refractivity contribution < 1.29 is 9.84 Å². The van der Waals surface area contributed by atoms with Gasteiger partial charge in [0.15, 0.2) is 0 Å². The van der Waals surface area contributed by atoms with Gasteiger partial charge in [-0.05, 0) is 37.3 Å². The minimum Gasteiger partial charge on any atom is -0.491 e. The molecule has 0 aliphatic rings. The Labute approximate surface area is 133 Å². The number of pyridine rings is 1. The number of hydrogen-bond donors (Lipinski definition) is 2. The average Bonchev–Trinajstić information content (AvgIpc) is 2.51. The third-order valence-corrected chi connectivity index (χ3v) is 3.52. The van der Waals surface area contributed by atoms with Crippen LogP contribution in [0.25, 0.3) is 0 Å². The second kappa shape index (κ2) is 8.12. The summed E-state index contributed by atoms with van der Waals surface area (Å²) in [7, 11) is 0. The molecule has 0 saturated heterocycles. The molecule has 0 aliphatic carbocycles. The van der Waals surface area contributed by atoms with Crippen molar-refractivity contribution in [3.63, 3.8) is 0 Å². The summed E-state index contributed by atoms with van der Waals surface area (Å²) in [5.41, 5.74) is 0.956. The smallest absolute Gasteiger partial charge is 0.120 e. The van der Waals surface area contributed by atoms with E-state index in [4.69, 9.17) is 4.74 Å². The van der Waals surface area contributed by atoms with Crippen molar-refractivity contribution in [3.05, 3.63) is 58.8 Å². The number of nitrogens with one attached hydrogen (secondary N) is 1. The number of rotatable bonds is 7. The number of aliphatic hydroxyl groups excluding tert-OH is 1. The number of aliphatic hydroxyl groups is 1. The number of ether oxygens (including phenoxy) is 1. The van der Waals surface area contributed by atoms with Crippen molar-refractivity contribution in [2.75, 3.05) is 13.2 Å². The standard InChI is InChI=1S/C16H19BrN2O2/c1-12(16-7-2-3-8-18-16)19-10-14(20)11-21-15-6-4-5-13(17)9-15/h2-9,12,14,19-20H,10-11H2,1H3. The molecule has 21 heavy (non-hydrogen) atoms. The molecule has 5 heteroatoms. The monoisotopic (exact) mass is 350 g/mol. The van der Waals surface area contributed by atoms with E-state index in [-0.39, 0.29) is 12.6 Å². The molecule has 2 atom stereocenters. The molecule has 0 amide bonds. The van der Waals surface area contributed by atoms with Crippen LogP contribution in [0.4, 0.5) is 0 Å². The van der Waals surface area contributed by atoms with Crippen molar-refractivity contribution in [2.45, 2.75) is 19.1 Å². The van der Waals surface area contributed by atoms with Crippen molar-refractivity contribution in [1.29, 1.82) is 0 Å². The Kier molecular flexibility index (Phi) is 6.17. The van der Waals surface area contributed by atoms with Crippen molar-refractivity contribution in [3.8, 4) is 5.75 Å². The van der Waals surface area contributed by atoms with Crippen LogP contribution in [-0.2, 0) is 0 Å². The molecule has 0 saturated carbocycles. The van der Waals surface area contributed by atoms with Crippen LogP contribution in [0.3, 0.4) is 0 Å². The first-order valence-corrected chi connectivity index (χ1v) is 7.65. The summed E-state index contributed by atoms with van der Waals surface area (Å²) in [6.45, 7) is 2.72. The highest BCUT2D eigenvalue weighted by Crippen LogP contribution is 2.17. The number of halogens is 1. The topological polar surface area (TPSA) is 54.4 Å². The van der Waals surface area contributed by atoms with Crippen molar-refractivity contribution >= 4 is 15.9 Å². The SMILES string of the molecule is CC(NCC(O)COc1cccc(Br)c1)c1ccccn1. The second-order valence-corrected chi connectivity index (χ2v) is 5.72. The van der Waals surface area contributed by atoms with Crippen molar-refractivity contribution in [1.82, 2.24) is 10.3 Å². The lowest BCUT2D eigenvalue weighted by Gasteiger charge is -2.17. The van der Waals surface area contributed by atoms with E-state index in [1.165, 1.54) is 0 Å². The van der Waals surface area contributed by atoms with Gasteiger partial charge in [-0.15, -0.1) is 0 Å². The van der Waals surface area contributed by atoms with Crippen LogP contribution >= 0.6 is 15.9 Å². The molecule has 0 aliphatic heterocycles. The first-order chi connectivity index (χ1) is 10.1. The maximum absolute atomic E-state index is 9.96. The first kappa shape index (κ1) is 15.9. The van der Waals surface area contributed by atoms with Gasteiger partial charge in [0.25, 0.3) is 0 Å². The summed E-state index contributed by atoms with van der Waals surface area (Å²) in [4.78, 5) is 4.28. The molecule has 1 aromatic heterocycles. The van der Waals surface area contributed by atoms with Crippen LogP contribution in [0.2, 0.25) is 0 Å². The highest BCUT2D eigenvalue weighted by atomic mass is 79.9. The van der Waals surface area contributed by atoms with Gasteiger partial charge >= 0.3 is 0 Å². The van der Waals surface area contributed by atoms with Gasteiger partial charge in [0.2, 0.25) is 0 Å². The van der Waals surface area contributed by atoms with E-state index >= 15 is 0 Å². The Bertz CT molecular complexity index is 551. The number of hydrogen-bond acceptors (Lipinski definition) is 4. The van der Waals surface area contributed by atoms with Gasteiger partial charge in [0, 0.05) is 23.3 Å². The minimum atomic E-state index is -0.574.